The van der Waals surface area contributed by atoms with Crippen LogP contribution in [-0.2, 0) is 16.0 Å². The molecule has 2 saturated carbocycles. The second-order valence-electron chi connectivity index (χ2n) is 11.0. The highest BCUT2D eigenvalue weighted by Crippen LogP contribution is 2.50. The molecule has 5 rings (SSSR count). The van der Waals surface area contributed by atoms with Gasteiger partial charge in [0.25, 0.3) is 5.92 Å². The topological polar surface area (TPSA) is 59.1 Å². The highest BCUT2D eigenvalue weighted by atomic mass is 19.3. The van der Waals surface area contributed by atoms with E-state index in [0.717, 1.165) is 50.1 Å². The molecular weight excluding hydrogens is 461 g/mol. The van der Waals surface area contributed by atoms with Crippen LogP contribution in [0.3, 0.4) is 0 Å². The molecule has 2 aliphatic carbocycles. The lowest BCUT2D eigenvalue weighted by Gasteiger charge is -2.38. The van der Waals surface area contributed by atoms with E-state index in [9.17, 15) is 22.8 Å². The minimum absolute atomic E-state index is 0.172. The van der Waals surface area contributed by atoms with E-state index < -0.39 is 30.7 Å². The number of benzene rings is 1. The first-order valence-electron chi connectivity index (χ1n) is 12.7. The number of carbonyl (C=O) groups excluding carboxylic acids is 2. The summed E-state index contributed by atoms with van der Waals surface area (Å²) in [6, 6.07) is 4.37. The molecular formula is C26H33F3N2O4. The number of rotatable bonds is 8. The van der Waals surface area contributed by atoms with Gasteiger partial charge >= 0.3 is 6.09 Å². The number of likely N-dealkylation sites (tertiary alicyclic amines) is 2. The highest BCUT2D eigenvalue weighted by Gasteiger charge is 2.47. The fourth-order valence-corrected chi connectivity index (χ4v) is 5.30. The van der Waals surface area contributed by atoms with Crippen LogP contribution < -0.4 is 4.74 Å². The van der Waals surface area contributed by atoms with Crippen molar-refractivity contribution in [2.75, 3.05) is 32.8 Å². The van der Waals surface area contributed by atoms with Gasteiger partial charge in [-0.15, -0.1) is 0 Å². The van der Waals surface area contributed by atoms with Crippen LogP contribution in [0.25, 0.3) is 0 Å². The van der Waals surface area contributed by atoms with E-state index in [1.54, 1.807) is 6.07 Å². The first-order chi connectivity index (χ1) is 16.6. The second-order valence-corrected chi connectivity index (χ2v) is 11.0. The maximum Gasteiger partial charge on any atom is 0.410 e. The number of amides is 2. The molecule has 1 aromatic carbocycles. The second kappa shape index (κ2) is 9.21. The molecule has 1 unspecified atom stereocenters. The van der Waals surface area contributed by atoms with Crippen molar-refractivity contribution in [1.29, 1.82) is 0 Å². The van der Waals surface area contributed by atoms with Gasteiger partial charge in [-0.05, 0) is 74.8 Å². The quantitative estimate of drug-likeness (QED) is 0.528. The summed E-state index contributed by atoms with van der Waals surface area (Å²) in [6.45, 7) is 2.80. The summed E-state index contributed by atoms with van der Waals surface area (Å²) in [7, 11) is 0. The molecule has 2 saturated heterocycles. The fraction of sp³-hybridized carbons (Fsp3) is 0.692. The first-order valence-corrected chi connectivity index (χ1v) is 12.7. The normalized spacial score (nSPS) is 26.6. The Morgan fingerprint density at radius 2 is 1.83 bits per heavy atom. The van der Waals surface area contributed by atoms with Gasteiger partial charge in [0.1, 0.15) is 17.2 Å². The monoisotopic (exact) mass is 494 g/mol. The molecule has 0 radical (unpaired) electrons. The van der Waals surface area contributed by atoms with Crippen molar-refractivity contribution in [3.05, 3.63) is 29.6 Å². The molecule has 2 heterocycles. The molecule has 192 valence electrons. The molecule has 6 nitrogen and oxygen atoms in total. The Hall–Kier alpha value is -2.45. The standard InChI is InChI=1S/C26H33F3N2O4/c1-25(7-8-25)35-24(33)30-9-4-17(5-10-30)21-12-18(21)6-11-34-20-3-2-19(22(27)14-20)13-23(32)31-15-26(28,29)16-31/h2-3,14,17-18,21H,4-13,15-16H2,1H3/t18-,21?/m1/s1. The molecule has 2 atom stereocenters. The zero-order valence-electron chi connectivity index (χ0n) is 20.1. The molecule has 4 aliphatic rings. The molecule has 1 aromatic rings. The number of alkyl halides is 2. The summed E-state index contributed by atoms with van der Waals surface area (Å²) < 4.78 is 51.6. The first kappa shape index (κ1) is 24.3. The van der Waals surface area contributed by atoms with Crippen molar-refractivity contribution in [2.45, 2.75) is 63.4 Å². The van der Waals surface area contributed by atoms with Crippen LogP contribution in [0, 0.1) is 23.6 Å². The van der Waals surface area contributed by atoms with Crippen LogP contribution in [0.5, 0.6) is 5.75 Å². The van der Waals surface area contributed by atoms with E-state index in [4.69, 9.17) is 9.47 Å². The summed E-state index contributed by atoms with van der Waals surface area (Å²) >= 11 is 0. The number of ether oxygens (including phenoxy) is 2. The van der Waals surface area contributed by atoms with E-state index >= 15 is 0 Å². The van der Waals surface area contributed by atoms with Gasteiger partial charge < -0.3 is 19.3 Å². The van der Waals surface area contributed by atoms with E-state index in [0.29, 0.717) is 30.1 Å². The van der Waals surface area contributed by atoms with E-state index in [1.165, 1.54) is 18.6 Å². The van der Waals surface area contributed by atoms with Gasteiger partial charge in [0.05, 0.1) is 26.1 Å². The van der Waals surface area contributed by atoms with E-state index in [1.807, 2.05) is 11.8 Å². The average Bonchev–Trinajstić information content (AvgIpc) is 3.72. The highest BCUT2D eigenvalue weighted by molar-refractivity contribution is 5.80. The van der Waals surface area contributed by atoms with Gasteiger partial charge in [0.2, 0.25) is 5.91 Å². The molecule has 0 aromatic heterocycles. The molecule has 0 bridgehead atoms. The summed E-state index contributed by atoms with van der Waals surface area (Å²) in [5, 5.41) is 0. The van der Waals surface area contributed by atoms with Crippen LogP contribution in [0.2, 0.25) is 0 Å². The predicted octanol–water partition coefficient (Wildman–Crippen LogP) is 4.65. The van der Waals surface area contributed by atoms with Crippen molar-refractivity contribution >= 4 is 12.0 Å². The number of hydrogen-bond donors (Lipinski definition) is 0. The predicted molar refractivity (Wildman–Crippen MR) is 122 cm³/mol. The number of piperidine rings is 1. The summed E-state index contributed by atoms with van der Waals surface area (Å²) in [4.78, 5) is 27.2. The number of hydrogen-bond acceptors (Lipinski definition) is 4. The third-order valence-electron chi connectivity index (χ3n) is 7.99. The van der Waals surface area contributed by atoms with Gasteiger partial charge in [-0.2, -0.15) is 0 Å². The van der Waals surface area contributed by atoms with E-state index in [2.05, 4.69) is 0 Å². The zero-order valence-corrected chi connectivity index (χ0v) is 20.1. The SMILES string of the molecule is CC1(OC(=O)N2CCC(C3C[C@H]3CCOc3ccc(CC(=O)N4CC(F)(F)C4)c(F)c3)CC2)CC1. The Morgan fingerprint density at radius 3 is 2.46 bits per heavy atom. The van der Waals surface area contributed by atoms with Crippen LogP contribution in [-0.4, -0.2) is 66.1 Å². The van der Waals surface area contributed by atoms with Crippen molar-refractivity contribution in [3.8, 4) is 5.75 Å². The Bertz CT molecular complexity index is 967. The average molecular weight is 495 g/mol. The third-order valence-corrected chi connectivity index (χ3v) is 7.99. The Balaban J connectivity index is 0.995. The van der Waals surface area contributed by atoms with Gasteiger partial charge in [-0.3, -0.25) is 4.79 Å². The molecule has 9 heteroatoms. The Labute approximate surface area is 203 Å². The molecule has 0 N–H and O–H groups in total. The molecule has 35 heavy (non-hydrogen) atoms. The van der Waals surface area contributed by atoms with Crippen molar-refractivity contribution in [3.63, 3.8) is 0 Å². The molecule has 4 fully saturated rings. The van der Waals surface area contributed by atoms with Gasteiger partial charge in [-0.1, -0.05) is 6.07 Å². The summed E-state index contributed by atoms with van der Waals surface area (Å²) in [5.41, 5.74) is -0.0496. The molecule has 0 spiro atoms. The lowest BCUT2D eigenvalue weighted by molar-refractivity contribution is -0.165. The number of halogens is 3. The largest absolute Gasteiger partial charge is 0.493 e. The van der Waals surface area contributed by atoms with Crippen molar-refractivity contribution in [1.82, 2.24) is 9.80 Å². The fourth-order valence-electron chi connectivity index (χ4n) is 5.30. The van der Waals surface area contributed by atoms with Gasteiger partial charge in [-0.25, -0.2) is 18.0 Å². The van der Waals surface area contributed by atoms with Crippen molar-refractivity contribution in [2.24, 2.45) is 17.8 Å². The van der Waals surface area contributed by atoms with Crippen LogP contribution >= 0.6 is 0 Å². The Morgan fingerprint density at radius 1 is 1.11 bits per heavy atom. The minimum atomic E-state index is -2.83. The molecule has 2 aliphatic heterocycles. The minimum Gasteiger partial charge on any atom is -0.493 e. The molecule has 2 amide bonds. The van der Waals surface area contributed by atoms with E-state index in [-0.39, 0.29) is 23.7 Å². The van der Waals surface area contributed by atoms with Crippen LogP contribution in [0.1, 0.15) is 51.0 Å². The maximum atomic E-state index is 14.4. The van der Waals surface area contributed by atoms with Crippen LogP contribution in [0.4, 0.5) is 18.0 Å². The van der Waals surface area contributed by atoms with Gasteiger partial charge in [0.15, 0.2) is 0 Å². The van der Waals surface area contributed by atoms with Crippen LogP contribution in [0.15, 0.2) is 18.2 Å². The zero-order chi connectivity index (χ0) is 24.8. The lowest BCUT2D eigenvalue weighted by atomic mass is 9.91. The Kier molecular flexibility index (Phi) is 6.38. The smallest absolute Gasteiger partial charge is 0.410 e. The van der Waals surface area contributed by atoms with Gasteiger partial charge in [0, 0.05) is 19.2 Å². The number of nitrogens with zero attached hydrogens (tertiary/aromatic N) is 2. The summed E-state index contributed by atoms with van der Waals surface area (Å²) in [5.74, 6) is -1.59. The number of carbonyl (C=O) groups is 2. The maximum absolute atomic E-state index is 14.4. The van der Waals surface area contributed by atoms with Crippen molar-refractivity contribution < 1.29 is 32.2 Å². The lowest BCUT2D eigenvalue weighted by Crippen LogP contribution is -2.58. The summed E-state index contributed by atoms with van der Waals surface area (Å²) in [6.07, 6.45) is 5.59. The third kappa shape index (κ3) is 5.86.